The zero-order valence-corrected chi connectivity index (χ0v) is 10.6. The molecule has 1 aromatic carbocycles. The molecule has 1 aromatic heterocycles. The minimum atomic E-state index is -3.25. The molecular weight excluding hydrogens is 252 g/mol. The van der Waals surface area contributed by atoms with Crippen LogP contribution in [-0.2, 0) is 16.4 Å². The Kier molecular flexibility index (Phi) is 3.57. The zero-order chi connectivity index (χ0) is 13.0. The molecule has 0 aliphatic heterocycles. The summed E-state index contributed by atoms with van der Waals surface area (Å²) in [4.78, 5) is 7.95. The van der Waals surface area contributed by atoms with Crippen LogP contribution in [-0.4, -0.2) is 24.6 Å². The van der Waals surface area contributed by atoms with Crippen molar-refractivity contribution in [3.8, 4) is 5.88 Å². The van der Waals surface area contributed by atoms with Crippen LogP contribution in [0.1, 0.15) is 5.56 Å². The molecule has 0 bridgehead atoms. The monoisotopic (exact) mass is 264 g/mol. The van der Waals surface area contributed by atoms with Crippen molar-refractivity contribution in [3.05, 3.63) is 48.4 Å². The fourth-order valence-electron chi connectivity index (χ4n) is 1.50. The summed E-state index contributed by atoms with van der Waals surface area (Å²) in [6.45, 7) is 0.153. The molecule has 0 amide bonds. The van der Waals surface area contributed by atoms with Crippen LogP contribution < -0.4 is 4.74 Å². The van der Waals surface area contributed by atoms with Gasteiger partial charge in [-0.3, -0.25) is 0 Å². The molecule has 0 N–H and O–H groups in total. The van der Waals surface area contributed by atoms with Gasteiger partial charge in [0, 0.05) is 24.1 Å². The van der Waals surface area contributed by atoms with E-state index in [-0.39, 0.29) is 11.5 Å². The molecule has 18 heavy (non-hydrogen) atoms. The highest BCUT2D eigenvalue weighted by molar-refractivity contribution is 7.90. The van der Waals surface area contributed by atoms with Crippen molar-refractivity contribution >= 4 is 9.84 Å². The van der Waals surface area contributed by atoms with E-state index in [1.54, 1.807) is 36.5 Å². The first-order valence-corrected chi connectivity index (χ1v) is 7.13. The van der Waals surface area contributed by atoms with Gasteiger partial charge in [-0.2, -0.15) is 0 Å². The van der Waals surface area contributed by atoms with Gasteiger partial charge in [0.2, 0.25) is 5.88 Å². The Hall–Kier alpha value is -1.95. The van der Waals surface area contributed by atoms with E-state index < -0.39 is 9.84 Å². The molecule has 0 fully saturated rings. The van der Waals surface area contributed by atoms with Crippen LogP contribution in [0, 0.1) is 0 Å². The summed E-state index contributed by atoms with van der Waals surface area (Å²) in [5.41, 5.74) is 0.610. The summed E-state index contributed by atoms with van der Waals surface area (Å²) < 4.78 is 28.6. The Bertz CT molecular complexity index is 627. The van der Waals surface area contributed by atoms with Crippen molar-refractivity contribution in [2.75, 3.05) is 6.26 Å². The molecule has 1 heterocycles. The highest BCUT2D eigenvalue weighted by Gasteiger charge is 2.12. The number of rotatable bonds is 4. The molecule has 6 heteroatoms. The molecule has 0 atom stereocenters. The van der Waals surface area contributed by atoms with Crippen molar-refractivity contribution in [2.24, 2.45) is 0 Å². The van der Waals surface area contributed by atoms with Crippen molar-refractivity contribution in [1.29, 1.82) is 0 Å². The number of sulfone groups is 1. The summed E-state index contributed by atoms with van der Waals surface area (Å²) in [6.07, 6.45) is 4.11. The maximum absolute atomic E-state index is 11.6. The van der Waals surface area contributed by atoms with E-state index in [1.165, 1.54) is 12.6 Å². The van der Waals surface area contributed by atoms with Crippen LogP contribution in [0.25, 0.3) is 0 Å². The molecule has 5 nitrogen and oxygen atoms in total. The van der Waals surface area contributed by atoms with Crippen LogP contribution in [0.15, 0.2) is 47.8 Å². The quantitative estimate of drug-likeness (QED) is 0.836. The highest BCUT2D eigenvalue weighted by Crippen LogP contribution is 2.17. The van der Waals surface area contributed by atoms with Crippen molar-refractivity contribution in [1.82, 2.24) is 9.97 Å². The first-order chi connectivity index (χ1) is 8.57. The first-order valence-electron chi connectivity index (χ1n) is 5.24. The Balaban J connectivity index is 2.20. The number of aromatic nitrogens is 2. The van der Waals surface area contributed by atoms with Gasteiger partial charge < -0.3 is 4.74 Å². The van der Waals surface area contributed by atoms with E-state index in [9.17, 15) is 8.42 Å². The third-order valence-electron chi connectivity index (χ3n) is 2.30. The van der Waals surface area contributed by atoms with Gasteiger partial charge >= 0.3 is 0 Å². The lowest BCUT2D eigenvalue weighted by molar-refractivity contribution is 0.290. The number of benzene rings is 1. The van der Waals surface area contributed by atoms with Crippen molar-refractivity contribution in [2.45, 2.75) is 11.5 Å². The predicted molar refractivity (Wildman–Crippen MR) is 65.9 cm³/mol. The standard InChI is InChI=1S/C12H12N2O3S/c1-18(15,16)11-5-3-2-4-10(11)8-17-12-6-7-13-9-14-12/h2-7,9H,8H2,1H3. The van der Waals surface area contributed by atoms with Gasteiger partial charge in [-0.25, -0.2) is 18.4 Å². The van der Waals surface area contributed by atoms with Crippen LogP contribution in [0.5, 0.6) is 5.88 Å². The molecular formula is C12H12N2O3S. The Labute approximate surface area is 105 Å². The average molecular weight is 264 g/mol. The Morgan fingerprint density at radius 3 is 2.67 bits per heavy atom. The van der Waals surface area contributed by atoms with Crippen LogP contribution in [0.4, 0.5) is 0 Å². The molecule has 2 aromatic rings. The second-order valence-corrected chi connectivity index (χ2v) is 5.70. The zero-order valence-electron chi connectivity index (χ0n) is 9.78. The summed E-state index contributed by atoms with van der Waals surface area (Å²) >= 11 is 0. The number of nitrogens with zero attached hydrogens (tertiary/aromatic N) is 2. The van der Waals surface area contributed by atoms with Gasteiger partial charge in [0.25, 0.3) is 0 Å². The van der Waals surface area contributed by atoms with Gasteiger partial charge in [-0.1, -0.05) is 18.2 Å². The molecule has 0 radical (unpaired) electrons. The van der Waals surface area contributed by atoms with E-state index in [1.807, 2.05) is 0 Å². The molecule has 0 aliphatic rings. The number of ether oxygens (including phenoxy) is 1. The minimum Gasteiger partial charge on any atom is -0.473 e. The van der Waals surface area contributed by atoms with Gasteiger partial charge in [0.05, 0.1) is 4.90 Å². The molecule has 0 aliphatic carbocycles. The van der Waals surface area contributed by atoms with Crippen LogP contribution in [0.3, 0.4) is 0 Å². The van der Waals surface area contributed by atoms with Gasteiger partial charge in [0.15, 0.2) is 9.84 Å². The van der Waals surface area contributed by atoms with Crippen LogP contribution in [0.2, 0.25) is 0 Å². The van der Waals surface area contributed by atoms with Crippen molar-refractivity contribution < 1.29 is 13.2 Å². The SMILES string of the molecule is CS(=O)(=O)c1ccccc1COc1ccncn1. The lowest BCUT2D eigenvalue weighted by atomic mass is 10.2. The summed E-state index contributed by atoms with van der Waals surface area (Å²) in [5.74, 6) is 0.410. The fraction of sp³-hybridized carbons (Fsp3) is 0.167. The molecule has 2 rings (SSSR count). The molecule has 0 unspecified atom stereocenters. The normalized spacial score (nSPS) is 11.2. The minimum absolute atomic E-state index is 0.153. The second-order valence-electron chi connectivity index (χ2n) is 3.72. The highest BCUT2D eigenvalue weighted by atomic mass is 32.2. The predicted octanol–water partition coefficient (Wildman–Crippen LogP) is 1.46. The third-order valence-corrected chi connectivity index (χ3v) is 3.50. The molecule has 0 spiro atoms. The fourth-order valence-corrected chi connectivity index (χ4v) is 2.43. The molecule has 94 valence electrons. The number of hydrogen-bond acceptors (Lipinski definition) is 5. The second kappa shape index (κ2) is 5.14. The topological polar surface area (TPSA) is 69.2 Å². The number of hydrogen-bond donors (Lipinski definition) is 0. The van der Waals surface area contributed by atoms with E-state index in [0.717, 1.165) is 0 Å². The third kappa shape index (κ3) is 3.04. The first kappa shape index (κ1) is 12.5. The van der Waals surface area contributed by atoms with E-state index in [0.29, 0.717) is 11.4 Å². The maximum Gasteiger partial charge on any atom is 0.216 e. The average Bonchev–Trinajstić information content (AvgIpc) is 2.37. The smallest absolute Gasteiger partial charge is 0.216 e. The lowest BCUT2D eigenvalue weighted by Crippen LogP contribution is -2.05. The van der Waals surface area contributed by atoms with E-state index in [4.69, 9.17) is 4.74 Å². The van der Waals surface area contributed by atoms with E-state index in [2.05, 4.69) is 9.97 Å². The molecule has 0 saturated heterocycles. The van der Waals surface area contributed by atoms with Crippen LogP contribution >= 0.6 is 0 Å². The Morgan fingerprint density at radius 2 is 2.00 bits per heavy atom. The van der Waals surface area contributed by atoms with E-state index >= 15 is 0 Å². The Morgan fingerprint density at radius 1 is 1.22 bits per heavy atom. The van der Waals surface area contributed by atoms with Gasteiger partial charge in [0.1, 0.15) is 12.9 Å². The van der Waals surface area contributed by atoms with Gasteiger partial charge in [-0.15, -0.1) is 0 Å². The summed E-state index contributed by atoms with van der Waals surface area (Å²) in [7, 11) is -3.25. The lowest BCUT2D eigenvalue weighted by Gasteiger charge is -2.08. The largest absolute Gasteiger partial charge is 0.473 e. The summed E-state index contributed by atoms with van der Waals surface area (Å²) in [5, 5.41) is 0. The van der Waals surface area contributed by atoms with Gasteiger partial charge in [-0.05, 0) is 6.07 Å². The van der Waals surface area contributed by atoms with Crippen molar-refractivity contribution in [3.63, 3.8) is 0 Å². The summed E-state index contributed by atoms with van der Waals surface area (Å²) in [6, 6.07) is 8.35. The molecule has 0 saturated carbocycles. The maximum atomic E-state index is 11.6.